The summed E-state index contributed by atoms with van der Waals surface area (Å²) in [5.74, 6) is -0.194. The lowest BCUT2D eigenvalue weighted by atomic mass is 9.99. The van der Waals surface area contributed by atoms with Crippen LogP contribution in [0.1, 0.15) is 32.6 Å². The van der Waals surface area contributed by atoms with Crippen LogP contribution in [0.15, 0.2) is 0 Å². The fourth-order valence-corrected chi connectivity index (χ4v) is 2.47. The molecule has 116 valence electrons. The first-order valence-corrected chi connectivity index (χ1v) is 7.26. The van der Waals surface area contributed by atoms with E-state index < -0.39 is 5.97 Å². The Kier molecular flexibility index (Phi) is 7.36. The SMILES string of the molecule is COCC1CCCN(C(=O)NCC(C)CCC(=O)O)C1. The number of likely N-dealkylation sites (tertiary alicyclic amines) is 1. The predicted octanol–water partition coefficient (Wildman–Crippen LogP) is 1.56. The van der Waals surface area contributed by atoms with Crippen molar-refractivity contribution in [1.29, 1.82) is 0 Å². The van der Waals surface area contributed by atoms with Gasteiger partial charge in [0.15, 0.2) is 0 Å². The maximum Gasteiger partial charge on any atom is 0.317 e. The summed E-state index contributed by atoms with van der Waals surface area (Å²) >= 11 is 0. The minimum Gasteiger partial charge on any atom is -0.481 e. The van der Waals surface area contributed by atoms with Gasteiger partial charge in [-0.2, -0.15) is 0 Å². The summed E-state index contributed by atoms with van der Waals surface area (Å²) in [6.45, 7) is 4.70. The van der Waals surface area contributed by atoms with Crippen molar-refractivity contribution in [1.82, 2.24) is 10.2 Å². The van der Waals surface area contributed by atoms with Crippen LogP contribution in [-0.2, 0) is 9.53 Å². The predicted molar refractivity (Wildman–Crippen MR) is 75.6 cm³/mol. The number of carbonyl (C=O) groups is 2. The highest BCUT2D eigenvalue weighted by Crippen LogP contribution is 2.16. The molecule has 0 aliphatic carbocycles. The molecule has 0 spiro atoms. The Morgan fingerprint density at radius 2 is 2.25 bits per heavy atom. The lowest BCUT2D eigenvalue weighted by Gasteiger charge is -2.32. The van der Waals surface area contributed by atoms with Crippen molar-refractivity contribution in [2.45, 2.75) is 32.6 Å². The molecular formula is C14H26N2O4. The highest BCUT2D eigenvalue weighted by molar-refractivity contribution is 5.74. The average molecular weight is 286 g/mol. The molecule has 1 fully saturated rings. The molecular weight excluding hydrogens is 260 g/mol. The Labute approximate surface area is 120 Å². The summed E-state index contributed by atoms with van der Waals surface area (Å²) in [5, 5.41) is 11.5. The molecule has 0 bridgehead atoms. The Hall–Kier alpha value is -1.30. The van der Waals surface area contributed by atoms with Crippen molar-refractivity contribution >= 4 is 12.0 Å². The third kappa shape index (κ3) is 6.23. The van der Waals surface area contributed by atoms with Crippen molar-refractivity contribution in [2.24, 2.45) is 11.8 Å². The minimum absolute atomic E-state index is 0.0482. The fraction of sp³-hybridized carbons (Fsp3) is 0.857. The van der Waals surface area contributed by atoms with Gasteiger partial charge in [-0.05, 0) is 25.2 Å². The number of ether oxygens (including phenoxy) is 1. The van der Waals surface area contributed by atoms with Crippen molar-refractivity contribution < 1.29 is 19.4 Å². The maximum absolute atomic E-state index is 12.0. The van der Waals surface area contributed by atoms with E-state index >= 15 is 0 Å². The maximum atomic E-state index is 12.0. The van der Waals surface area contributed by atoms with Crippen LogP contribution in [0, 0.1) is 11.8 Å². The van der Waals surface area contributed by atoms with E-state index in [1.165, 1.54) is 0 Å². The Morgan fingerprint density at radius 3 is 2.90 bits per heavy atom. The number of nitrogens with one attached hydrogen (secondary N) is 1. The number of aliphatic carboxylic acids is 1. The van der Waals surface area contributed by atoms with Crippen LogP contribution in [0.2, 0.25) is 0 Å². The molecule has 1 saturated heterocycles. The van der Waals surface area contributed by atoms with Crippen LogP contribution in [0.5, 0.6) is 0 Å². The lowest BCUT2D eigenvalue weighted by molar-refractivity contribution is -0.137. The zero-order valence-corrected chi connectivity index (χ0v) is 12.4. The molecule has 6 heteroatoms. The minimum atomic E-state index is -0.790. The first-order chi connectivity index (χ1) is 9.52. The van der Waals surface area contributed by atoms with Crippen LogP contribution >= 0.6 is 0 Å². The summed E-state index contributed by atoms with van der Waals surface area (Å²) in [7, 11) is 1.68. The van der Waals surface area contributed by atoms with Gasteiger partial charge in [-0.1, -0.05) is 6.92 Å². The van der Waals surface area contributed by atoms with Crippen molar-refractivity contribution in [3.05, 3.63) is 0 Å². The number of hydrogen-bond donors (Lipinski definition) is 2. The van der Waals surface area contributed by atoms with E-state index in [4.69, 9.17) is 9.84 Å². The summed E-state index contributed by atoms with van der Waals surface area (Å²) < 4.78 is 5.15. The van der Waals surface area contributed by atoms with E-state index in [2.05, 4.69) is 5.32 Å². The molecule has 0 aromatic heterocycles. The number of rotatable bonds is 7. The van der Waals surface area contributed by atoms with E-state index in [9.17, 15) is 9.59 Å². The summed E-state index contributed by atoms with van der Waals surface area (Å²) in [6.07, 6.45) is 2.85. The van der Waals surface area contributed by atoms with Gasteiger partial charge < -0.3 is 20.1 Å². The van der Waals surface area contributed by atoms with Crippen LogP contribution in [-0.4, -0.2) is 55.4 Å². The Balaban J connectivity index is 2.26. The zero-order chi connectivity index (χ0) is 15.0. The Bertz CT molecular complexity index is 320. The first-order valence-electron chi connectivity index (χ1n) is 7.26. The number of nitrogens with zero attached hydrogens (tertiary/aromatic N) is 1. The second kappa shape index (κ2) is 8.79. The van der Waals surface area contributed by atoms with Crippen molar-refractivity contribution in [3.63, 3.8) is 0 Å². The second-order valence-corrected chi connectivity index (χ2v) is 5.63. The van der Waals surface area contributed by atoms with Gasteiger partial charge in [-0.3, -0.25) is 4.79 Å². The molecule has 0 aromatic rings. The first kappa shape index (κ1) is 16.8. The molecule has 1 heterocycles. The number of amides is 2. The molecule has 1 aliphatic heterocycles. The number of carboxylic acids is 1. The fourth-order valence-electron chi connectivity index (χ4n) is 2.47. The van der Waals surface area contributed by atoms with E-state index in [0.717, 1.165) is 25.9 Å². The normalized spacial score (nSPS) is 20.5. The van der Waals surface area contributed by atoms with Crippen molar-refractivity contribution in [2.75, 3.05) is 33.4 Å². The summed E-state index contributed by atoms with van der Waals surface area (Å²) in [5.41, 5.74) is 0. The Morgan fingerprint density at radius 1 is 1.50 bits per heavy atom. The number of methoxy groups -OCH3 is 1. The van der Waals surface area contributed by atoms with Crippen LogP contribution in [0.3, 0.4) is 0 Å². The number of piperidine rings is 1. The summed E-state index contributed by atoms with van der Waals surface area (Å²) in [6, 6.07) is -0.0482. The highest BCUT2D eigenvalue weighted by atomic mass is 16.5. The topological polar surface area (TPSA) is 78.9 Å². The van der Waals surface area contributed by atoms with Gasteiger partial charge >= 0.3 is 12.0 Å². The molecule has 2 unspecified atom stereocenters. The van der Waals surface area contributed by atoms with Gasteiger partial charge in [-0.15, -0.1) is 0 Å². The van der Waals surface area contributed by atoms with Gasteiger partial charge in [0.1, 0.15) is 0 Å². The average Bonchev–Trinajstić information content (AvgIpc) is 2.43. The zero-order valence-electron chi connectivity index (χ0n) is 12.4. The smallest absolute Gasteiger partial charge is 0.317 e. The van der Waals surface area contributed by atoms with Gasteiger partial charge in [0.2, 0.25) is 0 Å². The molecule has 20 heavy (non-hydrogen) atoms. The summed E-state index contributed by atoms with van der Waals surface area (Å²) in [4.78, 5) is 24.4. The van der Waals surface area contributed by atoms with Crippen LogP contribution in [0.4, 0.5) is 4.79 Å². The highest BCUT2D eigenvalue weighted by Gasteiger charge is 2.23. The van der Waals surface area contributed by atoms with Gasteiger partial charge in [-0.25, -0.2) is 4.79 Å². The number of urea groups is 1. The van der Waals surface area contributed by atoms with Gasteiger partial charge in [0.05, 0.1) is 6.61 Å². The number of carbonyl (C=O) groups excluding carboxylic acids is 1. The molecule has 2 atom stereocenters. The van der Waals surface area contributed by atoms with Gasteiger partial charge in [0.25, 0.3) is 0 Å². The molecule has 6 nitrogen and oxygen atoms in total. The number of hydrogen-bond acceptors (Lipinski definition) is 3. The van der Waals surface area contributed by atoms with E-state index in [-0.39, 0.29) is 18.4 Å². The quantitative estimate of drug-likeness (QED) is 0.744. The molecule has 0 saturated carbocycles. The molecule has 0 aromatic carbocycles. The standard InChI is InChI=1S/C14H26N2O4/c1-11(5-6-13(17)18)8-15-14(19)16-7-3-4-12(9-16)10-20-2/h11-12H,3-10H2,1-2H3,(H,15,19)(H,17,18). The molecule has 0 radical (unpaired) electrons. The van der Waals surface area contributed by atoms with Crippen LogP contribution in [0.25, 0.3) is 0 Å². The molecule has 2 N–H and O–H groups in total. The van der Waals surface area contributed by atoms with E-state index in [1.54, 1.807) is 7.11 Å². The van der Waals surface area contributed by atoms with E-state index in [0.29, 0.717) is 25.5 Å². The lowest BCUT2D eigenvalue weighted by Crippen LogP contribution is -2.47. The molecule has 2 amide bonds. The second-order valence-electron chi connectivity index (χ2n) is 5.63. The third-order valence-corrected chi connectivity index (χ3v) is 3.66. The molecule has 1 aliphatic rings. The van der Waals surface area contributed by atoms with Gasteiger partial charge in [0, 0.05) is 39.1 Å². The van der Waals surface area contributed by atoms with Crippen LogP contribution < -0.4 is 5.32 Å². The van der Waals surface area contributed by atoms with Crippen molar-refractivity contribution in [3.8, 4) is 0 Å². The number of carboxylic acid groups (broad SMARTS) is 1. The monoisotopic (exact) mass is 286 g/mol. The van der Waals surface area contributed by atoms with E-state index in [1.807, 2.05) is 11.8 Å². The largest absolute Gasteiger partial charge is 0.481 e. The molecule has 1 rings (SSSR count). The third-order valence-electron chi connectivity index (χ3n) is 3.66.